The lowest BCUT2D eigenvalue weighted by Crippen LogP contribution is -2.53. The van der Waals surface area contributed by atoms with Crippen LogP contribution in [0.3, 0.4) is 0 Å². The molecule has 4 heterocycles. The van der Waals surface area contributed by atoms with E-state index in [0.29, 0.717) is 17.2 Å². The van der Waals surface area contributed by atoms with Crippen molar-refractivity contribution in [2.45, 2.75) is 18.9 Å². The molecule has 0 unspecified atom stereocenters. The van der Waals surface area contributed by atoms with Gasteiger partial charge in [0.2, 0.25) is 0 Å². The second-order valence-corrected chi connectivity index (χ2v) is 9.78. The summed E-state index contributed by atoms with van der Waals surface area (Å²) in [6.45, 7) is 5.36. The Kier molecular flexibility index (Phi) is 6.08. The third kappa shape index (κ3) is 4.33. The van der Waals surface area contributed by atoms with E-state index in [-0.39, 0.29) is 11.1 Å². The number of benzene rings is 2. The van der Waals surface area contributed by atoms with Crippen molar-refractivity contribution in [2.24, 2.45) is 0 Å². The van der Waals surface area contributed by atoms with E-state index in [1.807, 2.05) is 18.3 Å². The summed E-state index contributed by atoms with van der Waals surface area (Å²) in [7, 11) is 1.70. The molecule has 192 valence electrons. The van der Waals surface area contributed by atoms with Crippen LogP contribution in [-0.2, 0) is 0 Å². The third-order valence-corrected chi connectivity index (χ3v) is 7.72. The van der Waals surface area contributed by atoms with Gasteiger partial charge in [0.25, 0.3) is 0 Å². The number of phenolic OH excluding ortho intramolecular Hbond substituents is 1. The summed E-state index contributed by atoms with van der Waals surface area (Å²) in [6, 6.07) is 11.4. The summed E-state index contributed by atoms with van der Waals surface area (Å²) < 4.78 is 20.0. The van der Waals surface area contributed by atoms with Crippen LogP contribution in [0.5, 0.6) is 17.2 Å². The standard InChI is InChI=1S/C28H30FN5O3/c1-37-21-13-18-3-2-6-30-27(18)23(15-21)34-11-9-32(10-12-34)19-4-7-33(8-5-19)24-16-25(36)26(29)22-14-20(35)17-31-28(22)24/h2-3,6,13-17,19,35-36H,4-5,7-12H2,1H3. The normalized spacial score (nSPS) is 17.6. The van der Waals surface area contributed by atoms with Crippen LogP contribution in [0, 0.1) is 5.82 Å². The molecule has 0 atom stereocenters. The number of piperazine rings is 1. The van der Waals surface area contributed by atoms with E-state index in [4.69, 9.17) is 4.74 Å². The number of phenols is 1. The first-order valence-corrected chi connectivity index (χ1v) is 12.7. The van der Waals surface area contributed by atoms with Crippen molar-refractivity contribution in [3.63, 3.8) is 0 Å². The van der Waals surface area contributed by atoms with Crippen LogP contribution in [0.2, 0.25) is 0 Å². The van der Waals surface area contributed by atoms with E-state index < -0.39 is 11.6 Å². The summed E-state index contributed by atoms with van der Waals surface area (Å²) in [5.74, 6) is -0.463. The highest BCUT2D eigenvalue weighted by atomic mass is 19.1. The summed E-state index contributed by atoms with van der Waals surface area (Å²) in [4.78, 5) is 16.0. The monoisotopic (exact) mass is 503 g/mol. The third-order valence-electron chi connectivity index (χ3n) is 7.72. The van der Waals surface area contributed by atoms with Crippen molar-refractivity contribution in [3.8, 4) is 17.2 Å². The zero-order valence-corrected chi connectivity index (χ0v) is 20.8. The van der Waals surface area contributed by atoms with E-state index in [2.05, 4.69) is 36.8 Å². The van der Waals surface area contributed by atoms with Gasteiger partial charge in [-0.15, -0.1) is 0 Å². The quantitative estimate of drug-likeness (QED) is 0.430. The maximum Gasteiger partial charge on any atom is 0.174 e. The van der Waals surface area contributed by atoms with E-state index in [9.17, 15) is 14.6 Å². The SMILES string of the molecule is COc1cc(N2CCN(C3CCN(c4cc(O)c(F)c5cc(O)cnc45)CC3)CC2)c2ncccc2c1. The van der Waals surface area contributed by atoms with Crippen molar-refractivity contribution in [2.75, 3.05) is 56.2 Å². The Hall–Kier alpha value is -3.85. The lowest BCUT2D eigenvalue weighted by molar-refractivity contribution is 0.160. The van der Waals surface area contributed by atoms with Gasteiger partial charge in [0.1, 0.15) is 11.5 Å². The maximum atomic E-state index is 14.5. The molecule has 37 heavy (non-hydrogen) atoms. The first kappa shape index (κ1) is 23.5. The number of pyridine rings is 2. The molecule has 2 fully saturated rings. The Bertz CT molecular complexity index is 1450. The zero-order chi connectivity index (χ0) is 25.5. The number of methoxy groups -OCH3 is 1. The molecule has 2 aromatic heterocycles. The second-order valence-electron chi connectivity index (χ2n) is 9.78. The Labute approximate surface area is 214 Å². The summed E-state index contributed by atoms with van der Waals surface area (Å²) in [5.41, 5.74) is 3.28. The Morgan fingerprint density at radius 1 is 0.892 bits per heavy atom. The lowest BCUT2D eigenvalue weighted by Gasteiger charge is -2.44. The van der Waals surface area contributed by atoms with Gasteiger partial charge < -0.3 is 24.7 Å². The number of aromatic nitrogens is 2. The van der Waals surface area contributed by atoms with Crippen LogP contribution < -0.4 is 14.5 Å². The number of ether oxygens (including phenoxy) is 1. The molecule has 0 amide bonds. The minimum absolute atomic E-state index is 0.126. The molecule has 2 aliphatic rings. The number of rotatable bonds is 4. The summed E-state index contributed by atoms with van der Waals surface area (Å²) >= 11 is 0. The van der Waals surface area contributed by atoms with Crippen LogP contribution in [0.1, 0.15) is 12.8 Å². The number of nitrogens with zero attached hydrogens (tertiary/aromatic N) is 5. The Morgan fingerprint density at radius 2 is 1.62 bits per heavy atom. The molecule has 0 spiro atoms. The molecule has 0 radical (unpaired) electrons. The number of hydrogen-bond donors (Lipinski definition) is 2. The fourth-order valence-electron chi connectivity index (χ4n) is 5.77. The number of halogens is 1. The molecule has 2 aromatic carbocycles. The predicted molar refractivity (Wildman–Crippen MR) is 142 cm³/mol. The van der Waals surface area contributed by atoms with Crippen LogP contribution in [0.15, 0.2) is 48.8 Å². The van der Waals surface area contributed by atoms with Gasteiger partial charge in [-0.25, -0.2) is 4.39 Å². The van der Waals surface area contributed by atoms with Gasteiger partial charge in [0.15, 0.2) is 11.6 Å². The highest BCUT2D eigenvalue weighted by molar-refractivity contribution is 5.94. The van der Waals surface area contributed by atoms with Crippen molar-refractivity contribution in [1.29, 1.82) is 0 Å². The smallest absolute Gasteiger partial charge is 0.174 e. The highest BCUT2D eigenvalue weighted by Crippen LogP contribution is 2.37. The fraction of sp³-hybridized carbons (Fsp3) is 0.357. The number of anilines is 2. The van der Waals surface area contributed by atoms with E-state index >= 15 is 0 Å². The van der Waals surface area contributed by atoms with Gasteiger partial charge in [-0.1, -0.05) is 6.07 Å². The largest absolute Gasteiger partial charge is 0.506 e. The van der Waals surface area contributed by atoms with Crippen LogP contribution in [-0.4, -0.2) is 77.5 Å². The molecule has 2 N–H and O–H groups in total. The van der Waals surface area contributed by atoms with Crippen molar-refractivity contribution < 1.29 is 19.3 Å². The lowest BCUT2D eigenvalue weighted by atomic mass is 10.0. The zero-order valence-electron chi connectivity index (χ0n) is 20.8. The minimum atomic E-state index is -0.756. The van der Waals surface area contributed by atoms with Crippen LogP contribution >= 0.6 is 0 Å². The first-order chi connectivity index (χ1) is 18.0. The molecular formula is C28H30FN5O3. The first-order valence-electron chi connectivity index (χ1n) is 12.7. The van der Waals surface area contributed by atoms with Gasteiger partial charge in [0.05, 0.1) is 35.7 Å². The molecule has 2 saturated heterocycles. The average molecular weight is 504 g/mol. The second kappa shape index (κ2) is 9.55. The molecular weight excluding hydrogens is 473 g/mol. The van der Waals surface area contributed by atoms with Crippen molar-refractivity contribution >= 4 is 33.2 Å². The molecule has 8 nitrogen and oxygen atoms in total. The summed E-state index contributed by atoms with van der Waals surface area (Å²) in [5, 5.41) is 21.1. The number of piperidine rings is 1. The topological polar surface area (TPSA) is 85.2 Å². The minimum Gasteiger partial charge on any atom is -0.506 e. The summed E-state index contributed by atoms with van der Waals surface area (Å²) in [6.07, 6.45) is 5.10. The van der Waals surface area contributed by atoms with Crippen molar-refractivity contribution in [1.82, 2.24) is 14.9 Å². The average Bonchev–Trinajstić information content (AvgIpc) is 2.94. The number of fused-ring (bicyclic) bond motifs is 2. The Morgan fingerprint density at radius 3 is 2.38 bits per heavy atom. The molecule has 0 saturated carbocycles. The van der Waals surface area contributed by atoms with Crippen molar-refractivity contribution in [3.05, 3.63) is 54.6 Å². The molecule has 6 rings (SSSR count). The van der Waals surface area contributed by atoms with Crippen LogP contribution in [0.4, 0.5) is 15.8 Å². The number of aromatic hydroxyl groups is 2. The molecule has 0 aliphatic carbocycles. The predicted octanol–water partition coefficient (Wildman–Crippen LogP) is 4.13. The Balaban J connectivity index is 1.13. The highest BCUT2D eigenvalue weighted by Gasteiger charge is 2.29. The van der Waals surface area contributed by atoms with Crippen LogP contribution in [0.25, 0.3) is 21.8 Å². The molecule has 9 heteroatoms. The van der Waals surface area contributed by atoms with Gasteiger partial charge in [0, 0.05) is 74.4 Å². The van der Waals surface area contributed by atoms with E-state index in [1.54, 1.807) is 7.11 Å². The van der Waals surface area contributed by atoms with E-state index in [1.165, 1.54) is 18.3 Å². The molecule has 2 aliphatic heterocycles. The van der Waals surface area contributed by atoms with Gasteiger partial charge >= 0.3 is 0 Å². The number of hydrogen-bond acceptors (Lipinski definition) is 8. The molecule has 0 bridgehead atoms. The van der Waals surface area contributed by atoms with E-state index in [0.717, 1.165) is 74.5 Å². The van der Waals surface area contributed by atoms with Gasteiger partial charge in [-0.05, 0) is 31.0 Å². The maximum absolute atomic E-state index is 14.5. The van der Waals surface area contributed by atoms with Gasteiger partial charge in [-0.2, -0.15) is 0 Å². The molecule has 4 aromatic rings. The fourth-order valence-corrected chi connectivity index (χ4v) is 5.77. The van der Waals surface area contributed by atoms with Gasteiger partial charge in [-0.3, -0.25) is 14.9 Å².